The molecule has 1 atom stereocenters. The summed E-state index contributed by atoms with van der Waals surface area (Å²) < 4.78 is 8.27. The number of nitrogens with zero attached hydrogens (tertiary/aromatic N) is 4. The summed E-state index contributed by atoms with van der Waals surface area (Å²) in [5.41, 5.74) is 3.20. The van der Waals surface area contributed by atoms with Gasteiger partial charge in [-0.3, -0.25) is 4.98 Å². The van der Waals surface area contributed by atoms with Gasteiger partial charge in [0.1, 0.15) is 17.4 Å². The van der Waals surface area contributed by atoms with Gasteiger partial charge < -0.3 is 14.2 Å². The number of aryl methyl sites for hydroxylation is 1. The van der Waals surface area contributed by atoms with E-state index in [0.29, 0.717) is 11.8 Å². The third kappa shape index (κ3) is 3.91. The van der Waals surface area contributed by atoms with Crippen molar-refractivity contribution >= 4 is 17.1 Å². The average molecular weight is 405 g/mol. The Hall–Kier alpha value is -2.89. The maximum absolute atomic E-state index is 12.8. The quantitative estimate of drug-likeness (QED) is 0.616. The smallest absolute Gasteiger partial charge is 0.410 e. The zero-order chi connectivity index (χ0) is 20.5. The second-order valence-corrected chi connectivity index (χ2v) is 8.62. The van der Waals surface area contributed by atoms with Gasteiger partial charge in [0.15, 0.2) is 0 Å². The number of ether oxygens (including phenoxy) is 1. The van der Waals surface area contributed by atoms with Crippen LogP contribution in [0.5, 0.6) is 0 Å². The Kier molecular flexibility index (Phi) is 5.15. The van der Waals surface area contributed by atoms with Gasteiger partial charge in [0, 0.05) is 31.7 Å². The van der Waals surface area contributed by atoms with Gasteiger partial charge in [0.2, 0.25) is 0 Å². The Morgan fingerprint density at radius 1 is 1.13 bits per heavy atom. The van der Waals surface area contributed by atoms with Gasteiger partial charge in [0.25, 0.3) is 0 Å². The van der Waals surface area contributed by atoms with Crippen molar-refractivity contribution in [1.82, 2.24) is 19.4 Å². The molecule has 1 aliphatic carbocycles. The second-order valence-electron chi connectivity index (χ2n) is 8.62. The van der Waals surface area contributed by atoms with Gasteiger partial charge in [0.05, 0.1) is 11.7 Å². The Bertz CT molecular complexity index is 1020. The first-order valence-electron chi connectivity index (χ1n) is 11.0. The molecule has 1 saturated carbocycles. The maximum Gasteiger partial charge on any atom is 0.410 e. The highest BCUT2D eigenvalue weighted by Gasteiger charge is 2.36. The molecule has 3 heterocycles. The van der Waals surface area contributed by atoms with E-state index in [1.807, 2.05) is 48.5 Å². The predicted molar refractivity (Wildman–Crippen MR) is 115 cm³/mol. The molecule has 1 aromatic carbocycles. The lowest BCUT2D eigenvalue weighted by Gasteiger charge is -2.33. The number of carbonyl (C=O) groups is 1. The fraction of sp³-hybridized carbons (Fsp3) is 0.458. The van der Waals surface area contributed by atoms with Crippen molar-refractivity contribution in [1.29, 1.82) is 0 Å². The molecule has 5 rings (SSSR count). The largest absolute Gasteiger partial charge is 0.441 e. The molecular weight excluding hydrogens is 376 g/mol. The number of likely N-dealkylation sites (tertiary alicyclic amines) is 1. The summed E-state index contributed by atoms with van der Waals surface area (Å²) in [5.74, 6) is 2.03. The topological polar surface area (TPSA) is 60.2 Å². The van der Waals surface area contributed by atoms with E-state index in [1.165, 1.54) is 0 Å². The number of aromatic nitrogens is 3. The van der Waals surface area contributed by atoms with Crippen molar-refractivity contribution in [2.24, 2.45) is 11.8 Å². The first-order chi connectivity index (χ1) is 14.7. The molecule has 2 aliphatic rings. The molecule has 3 aromatic rings. The Morgan fingerprint density at radius 2 is 1.90 bits per heavy atom. The fourth-order valence-corrected chi connectivity index (χ4v) is 4.55. The molecule has 0 bridgehead atoms. The third-order valence-electron chi connectivity index (χ3n) is 6.46. The number of imidazole rings is 1. The number of hydrogen-bond acceptors (Lipinski definition) is 4. The van der Waals surface area contributed by atoms with E-state index in [0.717, 1.165) is 67.7 Å². The van der Waals surface area contributed by atoms with Crippen LogP contribution in [0.2, 0.25) is 0 Å². The number of piperidine rings is 1. The average Bonchev–Trinajstić information content (AvgIpc) is 3.57. The lowest BCUT2D eigenvalue weighted by atomic mass is 9.97. The van der Waals surface area contributed by atoms with Gasteiger partial charge in [-0.2, -0.15) is 0 Å². The van der Waals surface area contributed by atoms with Crippen LogP contribution in [0, 0.1) is 18.8 Å². The standard InChI is InChI=1S/C24H28N4O2/c1-17-26-21-15-25-12-9-22(21)28(17)16-18-10-13-27(14-11-18)24(29)30-23(20-7-8-20)19-5-3-2-4-6-19/h2-6,9,12,15,18,20,23H,7-8,10-11,13-14,16H2,1H3. The van der Waals surface area contributed by atoms with Crippen LogP contribution in [0.1, 0.15) is 43.2 Å². The van der Waals surface area contributed by atoms with Crippen LogP contribution in [0.25, 0.3) is 11.0 Å². The molecule has 6 nitrogen and oxygen atoms in total. The number of carbonyl (C=O) groups excluding carboxylic acids is 1. The summed E-state index contributed by atoms with van der Waals surface area (Å²) in [7, 11) is 0. The normalized spacial score (nSPS) is 18.5. The predicted octanol–water partition coefficient (Wildman–Crippen LogP) is 4.74. The summed E-state index contributed by atoms with van der Waals surface area (Å²) >= 11 is 0. The summed E-state index contributed by atoms with van der Waals surface area (Å²) in [6, 6.07) is 12.2. The monoisotopic (exact) mass is 404 g/mol. The minimum atomic E-state index is -0.162. The Labute approximate surface area is 176 Å². The van der Waals surface area contributed by atoms with E-state index in [9.17, 15) is 4.79 Å². The van der Waals surface area contributed by atoms with Crippen LogP contribution in [-0.4, -0.2) is 38.6 Å². The molecule has 0 spiro atoms. The van der Waals surface area contributed by atoms with Crippen LogP contribution in [0.3, 0.4) is 0 Å². The molecule has 2 fully saturated rings. The second kappa shape index (κ2) is 8.09. The van der Waals surface area contributed by atoms with E-state index in [2.05, 4.69) is 26.7 Å². The number of benzene rings is 1. The van der Waals surface area contributed by atoms with Crippen molar-refractivity contribution in [3.63, 3.8) is 0 Å². The first kappa shape index (κ1) is 19.1. The van der Waals surface area contributed by atoms with E-state index in [-0.39, 0.29) is 12.2 Å². The minimum absolute atomic E-state index is 0.106. The highest BCUT2D eigenvalue weighted by Crippen LogP contribution is 2.43. The van der Waals surface area contributed by atoms with E-state index in [4.69, 9.17) is 4.74 Å². The van der Waals surface area contributed by atoms with Crippen molar-refractivity contribution in [3.05, 3.63) is 60.2 Å². The maximum atomic E-state index is 12.8. The van der Waals surface area contributed by atoms with Crippen molar-refractivity contribution in [3.8, 4) is 0 Å². The van der Waals surface area contributed by atoms with Crippen molar-refractivity contribution in [2.45, 2.75) is 45.3 Å². The molecule has 1 aliphatic heterocycles. The van der Waals surface area contributed by atoms with Gasteiger partial charge in [-0.25, -0.2) is 9.78 Å². The fourth-order valence-electron chi connectivity index (χ4n) is 4.55. The van der Waals surface area contributed by atoms with Gasteiger partial charge in [-0.15, -0.1) is 0 Å². The zero-order valence-corrected chi connectivity index (χ0v) is 17.4. The highest BCUT2D eigenvalue weighted by atomic mass is 16.6. The zero-order valence-electron chi connectivity index (χ0n) is 17.4. The number of rotatable bonds is 5. The van der Waals surface area contributed by atoms with Crippen molar-refractivity contribution < 1.29 is 9.53 Å². The highest BCUT2D eigenvalue weighted by molar-refractivity contribution is 5.74. The number of amides is 1. The van der Waals surface area contributed by atoms with Crippen LogP contribution >= 0.6 is 0 Å². The van der Waals surface area contributed by atoms with Gasteiger partial charge >= 0.3 is 6.09 Å². The Morgan fingerprint density at radius 3 is 2.63 bits per heavy atom. The molecular formula is C24H28N4O2. The molecule has 2 aromatic heterocycles. The molecule has 30 heavy (non-hydrogen) atoms. The third-order valence-corrected chi connectivity index (χ3v) is 6.46. The summed E-state index contributed by atoms with van der Waals surface area (Å²) in [6.07, 6.45) is 7.62. The molecule has 1 saturated heterocycles. The molecule has 1 unspecified atom stereocenters. The lowest BCUT2D eigenvalue weighted by molar-refractivity contribution is 0.0425. The van der Waals surface area contributed by atoms with Crippen LogP contribution in [0.15, 0.2) is 48.8 Å². The van der Waals surface area contributed by atoms with E-state index >= 15 is 0 Å². The lowest BCUT2D eigenvalue weighted by Crippen LogP contribution is -2.40. The summed E-state index contributed by atoms with van der Waals surface area (Å²) in [5, 5.41) is 0. The Balaban J connectivity index is 1.19. The number of fused-ring (bicyclic) bond motifs is 1. The van der Waals surface area contributed by atoms with Crippen molar-refractivity contribution in [2.75, 3.05) is 13.1 Å². The van der Waals surface area contributed by atoms with E-state index in [1.54, 1.807) is 0 Å². The van der Waals surface area contributed by atoms with E-state index < -0.39 is 0 Å². The van der Waals surface area contributed by atoms with Gasteiger partial charge in [-0.1, -0.05) is 30.3 Å². The van der Waals surface area contributed by atoms with Crippen LogP contribution in [-0.2, 0) is 11.3 Å². The molecule has 0 radical (unpaired) electrons. The van der Waals surface area contributed by atoms with Gasteiger partial charge in [-0.05, 0) is 50.2 Å². The molecule has 6 heteroatoms. The molecule has 156 valence electrons. The SMILES string of the molecule is Cc1nc2cnccc2n1CC1CCN(C(=O)OC(c2ccccc2)C2CC2)CC1. The molecule has 1 amide bonds. The summed E-state index contributed by atoms with van der Waals surface area (Å²) in [4.78, 5) is 23.5. The molecule has 0 N–H and O–H groups in total. The number of pyridine rings is 1. The number of hydrogen-bond donors (Lipinski definition) is 0. The first-order valence-corrected chi connectivity index (χ1v) is 11.0. The minimum Gasteiger partial charge on any atom is -0.441 e. The van der Waals surface area contributed by atoms with Crippen LogP contribution in [0.4, 0.5) is 4.79 Å². The summed E-state index contributed by atoms with van der Waals surface area (Å²) in [6.45, 7) is 4.49. The van der Waals surface area contributed by atoms with Crippen LogP contribution < -0.4 is 0 Å².